The van der Waals surface area contributed by atoms with Crippen LogP contribution in [0.25, 0.3) is 0 Å². The largest absolute Gasteiger partial charge is 1.00 e. The van der Waals surface area contributed by atoms with Gasteiger partial charge in [-0.05, 0) is 6.42 Å². The molecule has 0 aliphatic heterocycles. The van der Waals surface area contributed by atoms with E-state index >= 15 is 0 Å². The van der Waals surface area contributed by atoms with Gasteiger partial charge in [0.05, 0.1) is 12.4 Å². The molecule has 13 heavy (non-hydrogen) atoms. The van der Waals surface area contributed by atoms with Crippen molar-refractivity contribution < 1.29 is 53.5 Å². The van der Waals surface area contributed by atoms with Gasteiger partial charge in [0.15, 0.2) is 0 Å². The maximum atomic E-state index is 10.4. The van der Waals surface area contributed by atoms with E-state index in [0.29, 0.717) is 0 Å². The van der Waals surface area contributed by atoms with Gasteiger partial charge >= 0.3 is 35.5 Å². The average molecular weight is 218 g/mol. The Bertz CT molecular complexity index is 263. The summed E-state index contributed by atoms with van der Waals surface area (Å²) < 4.78 is 33.0. The molecule has 0 aliphatic carbocycles. The first-order chi connectivity index (χ1) is 5.45. The van der Waals surface area contributed by atoms with Crippen LogP contribution in [0.1, 0.15) is 7.85 Å². The summed E-state index contributed by atoms with van der Waals surface area (Å²) in [5, 5.41) is 0. The SMILES string of the molecule is C=CC(=O)OCCCS(=O)(=O)O.[H-].[Na+]. The monoisotopic (exact) mass is 218 g/mol. The molecule has 72 valence electrons. The van der Waals surface area contributed by atoms with Crippen molar-refractivity contribution in [2.75, 3.05) is 12.4 Å². The van der Waals surface area contributed by atoms with E-state index in [1.165, 1.54) is 0 Å². The van der Waals surface area contributed by atoms with Gasteiger partial charge in [0.2, 0.25) is 0 Å². The van der Waals surface area contributed by atoms with E-state index in [1.54, 1.807) is 0 Å². The van der Waals surface area contributed by atoms with Crippen molar-refractivity contribution in [3.63, 3.8) is 0 Å². The molecule has 7 heteroatoms. The predicted octanol–water partition coefficient (Wildman–Crippen LogP) is -2.89. The molecule has 0 radical (unpaired) electrons. The van der Waals surface area contributed by atoms with Crippen molar-refractivity contribution in [3.05, 3.63) is 12.7 Å². The molecular formula is C6H11NaO5S. The fourth-order valence-electron chi connectivity index (χ4n) is 0.473. The van der Waals surface area contributed by atoms with E-state index in [-0.39, 0.29) is 44.0 Å². The molecule has 0 atom stereocenters. The van der Waals surface area contributed by atoms with Crippen LogP contribution in [0.3, 0.4) is 0 Å². The topological polar surface area (TPSA) is 80.7 Å². The molecule has 0 aromatic carbocycles. The number of ether oxygens (including phenoxy) is 1. The van der Waals surface area contributed by atoms with Crippen molar-refractivity contribution in [2.24, 2.45) is 0 Å². The molecule has 0 fully saturated rings. The molecule has 0 saturated carbocycles. The van der Waals surface area contributed by atoms with Crippen LogP contribution >= 0.6 is 0 Å². The third kappa shape index (κ3) is 12.1. The summed E-state index contributed by atoms with van der Waals surface area (Å²) in [5.41, 5.74) is 0. The van der Waals surface area contributed by atoms with Gasteiger partial charge in [-0.3, -0.25) is 4.55 Å². The van der Waals surface area contributed by atoms with Gasteiger partial charge in [0.1, 0.15) is 0 Å². The molecule has 1 N–H and O–H groups in total. The summed E-state index contributed by atoms with van der Waals surface area (Å²) in [5.74, 6) is -1.01. The number of carbonyl (C=O) groups is 1. The zero-order valence-electron chi connectivity index (χ0n) is 8.39. The third-order valence-electron chi connectivity index (χ3n) is 0.958. The summed E-state index contributed by atoms with van der Waals surface area (Å²) >= 11 is 0. The number of rotatable bonds is 5. The molecule has 0 bridgehead atoms. The Kier molecular flexibility index (Phi) is 9.01. The standard InChI is InChI=1S/C6H10O5S.Na.H/c1-2-6(7)11-4-3-5-12(8,9)10;;/h2H,1,3-5H2,(H,8,9,10);;/q;+1;-1. The fourth-order valence-corrected chi connectivity index (χ4v) is 0.956. The Morgan fingerprint density at radius 2 is 2.15 bits per heavy atom. The summed E-state index contributed by atoms with van der Waals surface area (Å²) in [7, 11) is -3.95. The number of hydrogen-bond acceptors (Lipinski definition) is 4. The quantitative estimate of drug-likeness (QED) is 0.176. The van der Waals surface area contributed by atoms with Gasteiger partial charge in [0, 0.05) is 6.08 Å². The predicted molar refractivity (Wildman–Crippen MR) is 43.3 cm³/mol. The zero-order chi connectivity index (χ0) is 9.61. The normalized spacial score (nSPS) is 9.92. The number of carbonyl (C=O) groups excluding carboxylic acids is 1. The van der Waals surface area contributed by atoms with Crippen molar-refractivity contribution in [2.45, 2.75) is 6.42 Å². The van der Waals surface area contributed by atoms with Gasteiger partial charge < -0.3 is 6.16 Å². The van der Waals surface area contributed by atoms with Crippen LogP contribution in [0.5, 0.6) is 0 Å². The van der Waals surface area contributed by atoms with E-state index < -0.39 is 21.8 Å². The summed E-state index contributed by atoms with van der Waals surface area (Å²) in [6.07, 6.45) is 1.06. The van der Waals surface area contributed by atoms with Crippen molar-refractivity contribution in [1.82, 2.24) is 0 Å². The minimum atomic E-state index is -3.95. The first-order valence-electron chi connectivity index (χ1n) is 3.20. The Labute approximate surface area is 101 Å². The maximum absolute atomic E-state index is 10.4. The molecule has 0 unspecified atom stereocenters. The molecule has 0 aromatic heterocycles. The second-order valence-corrected chi connectivity index (χ2v) is 3.58. The first-order valence-corrected chi connectivity index (χ1v) is 4.81. The van der Waals surface area contributed by atoms with Gasteiger partial charge in [0.25, 0.3) is 10.1 Å². The molecule has 0 spiro atoms. The van der Waals surface area contributed by atoms with Crippen molar-refractivity contribution >= 4 is 16.1 Å². The van der Waals surface area contributed by atoms with Crippen LogP contribution in [0.15, 0.2) is 12.7 Å². The number of esters is 1. The van der Waals surface area contributed by atoms with E-state index in [2.05, 4.69) is 11.3 Å². The van der Waals surface area contributed by atoms with Crippen LogP contribution < -0.4 is 29.6 Å². The van der Waals surface area contributed by atoms with Gasteiger partial charge in [-0.1, -0.05) is 6.58 Å². The Morgan fingerprint density at radius 3 is 2.54 bits per heavy atom. The van der Waals surface area contributed by atoms with Gasteiger partial charge in [-0.15, -0.1) is 0 Å². The second-order valence-electron chi connectivity index (χ2n) is 2.01. The summed E-state index contributed by atoms with van der Waals surface area (Å²) in [6.45, 7) is 3.11. The summed E-state index contributed by atoms with van der Waals surface area (Å²) in [4.78, 5) is 10.4. The Hall–Kier alpha value is 0.120. The number of hydrogen-bond donors (Lipinski definition) is 1. The van der Waals surface area contributed by atoms with Crippen molar-refractivity contribution in [1.29, 1.82) is 0 Å². The van der Waals surface area contributed by atoms with Gasteiger partial charge in [-0.2, -0.15) is 8.42 Å². The molecule has 0 heterocycles. The Balaban J connectivity index is -0.000000605. The second kappa shape index (κ2) is 7.52. The average Bonchev–Trinajstić information content (AvgIpc) is 1.96. The molecule has 0 aliphatic rings. The van der Waals surface area contributed by atoms with Crippen molar-refractivity contribution in [3.8, 4) is 0 Å². The first kappa shape index (κ1) is 15.6. The third-order valence-corrected chi connectivity index (χ3v) is 1.76. The van der Waals surface area contributed by atoms with E-state index in [1.807, 2.05) is 0 Å². The fraction of sp³-hybridized carbons (Fsp3) is 0.500. The zero-order valence-corrected chi connectivity index (χ0v) is 10.2. The molecular weight excluding hydrogens is 207 g/mol. The smallest absolute Gasteiger partial charge is 1.00 e. The van der Waals surface area contributed by atoms with Crippen LogP contribution in [0.4, 0.5) is 0 Å². The molecule has 0 amide bonds. The molecule has 5 nitrogen and oxygen atoms in total. The van der Waals surface area contributed by atoms with Crippen LogP contribution in [-0.2, 0) is 19.6 Å². The Morgan fingerprint density at radius 1 is 1.62 bits per heavy atom. The van der Waals surface area contributed by atoms with E-state index in [0.717, 1.165) is 6.08 Å². The van der Waals surface area contributed by atoms with Crippen LogP contribution in [-0.4, -0.2) is 31.3 Å². The van der Waals surface area contributed by atoms with Crippen LogP contribution in [0.2, 0.25) is 0 Å². The van der Waals surface area contributed by atoms with E-state index in [9.17, 15) is 13.2 Å². The van der Waals surface area contributed by atoms with E-state index in [4.69, 9.17) is 4.55 Å². The molecule has 0 rings (SSSR count). The van der Waals surface area contributed by atoms with Crippen LogP contribution in [0, 0.1) is 0 Å². The van der Waals surface area contributed by atoms with Gasteiger partial charge in [-0.25, -0.2) is 4.79 Å². The minimum Gasteiger partial charge on any atom is -1.00 e. The molecule has 0 saturated heterocycles. The summed E-state index contributed by atoms with van der Waals surface area (Å²) in [6, 6.07) is 0. The minimum absolute atomic E-state index is 0. The molecule has 0 aromatic rings. The maximum Gasteiger partial charge on any atom is 1.00 e.